The van der Waals surface area contributed by atoms with Crippen LogP contribution < -0.4 is 4.90 Å². The maximum atomic E-state index is 11.0. The molecule has 128 valence electrons. The average Bonchev–Trinajstić information content (AvgIpc) is 2.66. The summed E-state index contributed by atoms with van der Waals surface area (Å²) in [7, 11) is 1.91. The van der Waals surface area contributed by atoms with Gasteiger partial charge in [-0.3, -0.25) is 4.79 Å². The number of anilines is 1. The Hall–Kier alpha value is -3.28. The van der Waals surface area contributed by atoms with Crippen molar-refractivity contribution >= 4 is 29.3 Å². The molecule has 0 radical (unpaired) electrons. The van der Waals surface area contributed by atoms with E-state index in [-0.39, 0.29) is 0 Å². The van der Waals surface area contributed by atoms with Gasteiger partial charge in [0, 0.05) is 24.4 Å². The van der Waals surface area contributed by atoms with E-state index >= 15 is 0 Å². The number of carbonyl (C=O) groups excluding carboxylic acids is 2. The predicted octanol–water partition coefficient (Wildman–Crippen LogP) is 4.08. The van der Waals surface area contributed by atoms with Crippen LogP contribution in [0.4, 0.5) is 17.1 Å². The second-order valence-corrected chi connectivity index (χ2v) is 5.22. The Kier molecular flexibility index (Phi) is 6.59. The van der Waals surface area contributed by atoms with Crippen LogP contribution in [0.15, 0.2) is 71.4 Å². The van der Waals surface area contributed by atoms with Gasteiger partial charge in [0.1, 0.15) is 12.9 Å². The molecule has 2 rings (SSSR count). The summed E-state index contributed by atoms with van der Waals surface area (Å²) >= 11 is 0. The number of rotatable bonds is 8. The van der Waals surface area contributed by atoms with Crippen molar-refractivity contribution in [3.05, 3.63) is 66.7 Å². The SMILES string of the molecule is C=CC(=O)OCCN(C)c1ccc(N=Nc2ccc(C=O)cc2)cc1. The summed E-state index contributed by atoms with van der Waals surface area (Å²) in [6.07, 6.45) is 1.93. The Bertz CT molecular complexity index is 752. The molecule has 0 spiro atoms. The number of hydrogen-bond acceptors (Lipinski definition) is 6. The van der Waals surface area contributed by atoms with Crippen LogP contribution in [0.1, 0.15) is 10.4 Å². The maximum absolute atomic E-state index is 11.0. The van der Waals surface area contributed by atoms with Gasteiger partial charge in [-0.25, -0.2) is 4.79 Å². The third-order valence-corrected chi connectivity index (χ3v) is 3.44. The van der Waals surface area contributed by atoms with E-state index in [1.807, 2.05) is 36.2 Å². The first-order chi connectivity index (χ1) is 12.1. The Labute approximate surface area is 146 Å². The highest BCUT2D eigenvalue weighted by Gasteiger charge is 2.02. The zero-order chi connectivity index (χ0) is 18.1. The number of azo groups is 1. The molecular weight excluding hydrogens is 318 g/mol. The quantitative estimate of drug-likeness (QED) is 0.315. The summed E-state index contributed by atoms with van der Waals surface area (Å²) in [5.41, 5.74) is 2.97. The zero-order valence-corrected chi connectivity index (χ0v) is 14.0. The van der Waals surface area contributed by atoms with Crippen LogP contribution in [0.5, 0.6) is 0 Å². The molecule has 0 N–H and O–H groups in total. The van der Waals surface area contributed by atoms with Crippen LogP contribution in [0.2, 0.25) is 0 Å². The first kappa shape index (κ1) is 18.1. The third kappa shape index (κ3) is 5.69. The summed E-state index contributed by atoms with van der Waals surface area (Å²) < 4.78 is 4.96. The zero-order valence-electron chi connectivity index (χ0n) is 14.0. The van der Waals surface area contributed by atoms with E-state index in [1.165, 1.54) is 0 Å². The molecule has 0 aromatic heterocycles. The molecule has 0 aliphatic rings. The van der Waals surface area contributed by atoms with E-state index in [0.29, 0.717) is 24.4 Å². The molecule has 0 amide bonds. The van der Waals surface area contributed by atoms with Crippen molar-refractivity contribution in [3.8, 4) is 0 Å². The van der Waals surface area contributed by atoms with Crippen molar-refractivity contribution in [1.29, 1.82) is 0 Å². The van der Waals surface area contributed by atoms with Gasteiger partial charge in [0.15, 0.2) is 0 Å². The van der Waals surface area contributed by atoms with Crippen LogP contribution >= 0.6 is 0 Å². The van der Waals surface area contributed by atoms with Crippen LogP contribution in [0.3, 0.4) is 0 Å². The molecule has 2 aromatic rings. The van der Waals surface area contributed by atoms with Gasteiger partial charge in [-0.1, -0.05) is 6.58 Å². The van der Waals surface area contributed by atoms with E-state index in [1.54, 1.807) is 24.3 Å². The minimum atomic E-state index is -0.426. The molecule has 0 bridgehead atoms. The van der Waals surface area contributed by atoms with Gasteiger partial charge in [-0.2, -0.15) is 10.2 Å². The lowest BCUT2D eigenvalue weighted by atomic mass is 10.2. The van der Waals surface area contributed by atoms with Gasteiger partial charge in [-0.15, -0.1) is 0 Å². The van der Waals surface area contributed by atoms with Crippen molar-refractivity contribution in [2.24, 2.45) is 10.2 Å². The number of carbonyl (C=O) groups is 2. The first-order valence-corrected chi connectivity index (χ1v) is 7.70. The van der Waals surface area contributed by atoms with E-state index in [4.69, 9.17) is 4.74 Å². The summed E-state index contributed by atoms with van der Waals surface area (Å²) in [6, 6.07) is 14.4. The van der Waals surface area contributed by atoms with Gasteiger partial charge in [0.2, 0.25) is 0 Å². The molecular formula is C19H19N3O3. The van der Waals surface area contributed by atoms with E-state index in [0.717, 1.165) is 23.7 Å². The third-order valence-electron chi connectivity index (χ3n) is 3.44. The molecule has 6 nitrogen and oxygen atoms in total. The van der Waals surface area contributed by atoms with Gasteiger partial charge >= 0.3 is 5.97 Å². The molecule has 0 saturated carbocycles. The number of nitrogens with zero attached hydrogens (tertiary/aromatic N) is 3. The van der Waals surface area contributed by atoms with Crippen LogP contribution in [0, 0.1) is 0 Å². The fraction of sp³-hybridized carbons (Fsp3) is 0.158. The van der Waals surface area contributed by atoms with Crippen LogP contribution in [-0.4, -0.2) is 32.5 Å². The largest absolute Gasteiger partial charge is 0.461 e. The molecule has 0 aliphatic carbocycles. The van der Waals surface area contributed by atoms with E-state index in [2.05, 4.69) is 16.8 Å². The normalized spacial score (nSPS) is 10.4. The van der Waals surface area contributed by atoms with Crippen molar-refractivity contribution < 1.29 is 14.3 Å². The molecule has 2 aromatic carbocycles. The standard InChI is InChI=1S/C19H19N3O3/c1-3-19(24)25-13-12-22(2)18-10-8-17(9-11-18)21-20-16-6-4-15(14-23)5-7-16/h3-11,14H,1,12-13H2,2H3. The molecule has 0 atom stereocenters. The van der Waals surface area contributed by atoms with E-state index in [9.17, 15) is 9.59 Å². The molecule has 0 fully saturated rings. The maximum Gasteiger partial charge on any atom is 0.330 e. The Morgan fingerprint density at radius 3 is 2.16 bits per heavy atom. The van der Waals surface area contributed by atoms with Gasteiger partial charge in [-0.05, 0) is 48.5 Å². The van der Waals surface area contributed by atoms with Crippen molar-refractivity contribution in [2.75, 3.05) is 25.1 Å². The molecule has 0 unspecified atom stereocenters. The Morgan fingerprint density at radius 1 is 1.08 bits per heavy atom. The van der Waals surface area contributed by atoms with Crippen LogP contribution in [-0.2, 0) is 9.53 Å². The highest BCUT2D eigenvalue weighted by Crippen LogP contribution is 2.21. The lowest BCUT2D eigenvalue weighted by Crippen LogP contribution is -2.23. The summed E-state index contributed by atoms with van der Waals surface area (Å²) in [5, 5.41) is 8.30. The molecule has 0 aliphatic heterocycles. The molecule has 25 heavy (non-hydrogen) atoms. The van der Waals surface area contributed by atoms with Gasteiger partial charge < -0.3 is 9.64 Å². The number of benzene rings is 2. The molecule has 6 heteroatoms. The second kappa shape index (κ2) is 9.12. The number of aldehydes is 1. The van der Waals surface area contributed by atoms with Crippen molar-refractivity contribution in [2.45, 2.75) is 0 Å². The number of hydrogen-bond donors (Lipinski definition) is 0. The minimum Gasteiger partial charge on any atom is -0.461 e. The summed E-state index contributed by atoms with van der Waals surface area (Å²) in [4.78, 5) is 23.6. The van der Waals surface area contributed by atoms with Crippen molar-refractivity contribution in [1.82, 2.24) is 0 Å². The smallest absolute Gasteiger partial charge is 0.330 e. The lowest BCUT2D eigenvalue weighted by Gasteiger charge is -2.18. The number of likely N-dealkylation sites (N-methyl/N-ethyl adjacent to an activating group) is 1. The monoisotopic (exact) mass is 337 g/mol. The summed E-state index contributed by atoms with van der Waals surface area (Å²) in [5.74, 6) is -0.426. The fourth-order valence-corrected chi connectivity index (χ4v) is 1.98. The highest BCUT2D eigenvalue weighted by molar-refractivity contribution is 5.81. The predicted molar refractivity (Wildman–Crippen MR) is 96.9 cm³/mol. The topological polar surface area (TPSA) is 71.3 Å². The Balaban J connectivity index is 1.91. The van der Waals surface area contributed by atoms with Crippen LogP contribution in [0.25, 0.3) is 0 Å². The molecule has 0 heterocycles. The fourth-order valence-electron chi connectivity index (χ4n) is 1.98. The first-order valence-electron chi connectivity index (χ1n) is 7.70. The van der Waals surface area contributed by atoms with E-state index < -0.39 is 5.97 Å². The lowest BCUT2D eigenvalue weighted by molar-refractivity contribution is -0.137. The summed E-state index contributed by atoms with van der Waals surface area (Å²) in [6.45, 7) is 4.22. The number of esters is 1. The average molecular weight is 337 g/mol. The molecule has 0 saturated heterocycles. The Morgan fingerprint density at radius 2 is 1.64 bits per heavy atom. The van der Waals surface area contributed by atoms with Crippen molar-refractivity contribution in [3.63, 3.8) is 0 Å². The minimum absolute atomic E-state index is 0.291. The van der Waals surface area contributed by atoms with Gasteiger partial charge in [0.05, 0.1) is 17.9 Å². The van der Waals surface area contributed by atoms with Gasteiger partial charge in [0.25, 0.3) is 0 Å². The highest BCUT2D eigenvalue weighted by atomic mass is 16.5. The second-order valence-electron chi connectivity index (χ2n) is 5.22. The number of ether oxygens (including phenoxy) is 1.